The molecule has 0 aliphatic carbocycles. The van der Waals surface area contributed by atoms with Crippen molar-refractivity contribution in [2.24, 2.45) is 0 Å². The number of halogens is 7. The van der Waals surface area contributed by atoms with Crippen LogP contribution in [0.2, 0.25) is 0 Å². The van der Waals surface area contributed by atoms with Gasteiger partial charge in [0, 0.05) is 5.56 Å². The number of alkyl halides is 5. The predicted molar refractivity (Wildman–Crippen MR) is 74.0 cm³/mol. The average Bonchev–Trinajstić information content (AvgIpc) is 2.52. The van der Waals surface area contributed by atoms with E-state index in [-0.39, 0.29) is 0 Å². The molecule has 0 saturated heterocycles. The second-order valence-corrected chi connectivity index (χ2v) is 5.06. The number of hydrogen-bond donors (Lipinski definition) is 1. The fourth-order valence-electron chi connectivity index (χ4n) is 2.00. The van der Waals surface area contributed by atoms with Crippen molar-refractivity contribution in [2.75, 3.05) is 6.54 Å². The third-order valence-corrected chi connectivity index (χ3v) is 3.30. The largest absolute Gasteiger partial charge is 0.416 e. The zero-order valence-corrected chi connectivity index (χ0v) is 12.3. The molecule has 0 aromatic heterocycles. The van der Waals surface area contributed by atoms with E-state index in [9.17, 15) is 35.5 Å². The Hall–Kier alpha value is -2.58. The standard InChI is InChI=1S/C16H10F7NO/c17-11-2-1-3-12(18)13(11)14(25)24-8-15(19,20)9-4-6-10(7-5-9)16(21,22)23/h1-7H,8H2,(H,24,25). The van der Waals surface area contributed by atoms with Crippen LogP contribution in [0.5, 0.6) is 0 Å². The minimum Gasteiger partial charge on any atom is -0.345 e. The number of rotatable bonds is 4. The minimum atomic E-state index is -4.68. The minimum absolute atomic E-state index is 0.474. The summed E-state index contributed by atoms with van der Waals surface area (Å²) in [7, 11) is 0. The van der Waals surface area contributed by atoms with E-state index in [1.54, 1.807) is 5.32 Å². The maximum absolute atomic E-state index is 14.0. The van der Waals surface area contributed by atoms with Gasteiger partial charge in [-0.2, -0.15) is 22.0 Å². The molecule has 2 aromatic carbocycles. The van der Waals surface area contributed by atoms with Crippen LogP contribution in [0, 0.1) is 11.6 Å². The number of carbonyl (C=O) groups excluding carboxylic acids is 1. The number of carbonyl (C=O) groups is 1. The van der Waals surface area contributed by atoms with Crippen LogP contribution in [0.3, 0.4) is 0 Å². The second kappa shape index (κ2) is 6.73. The Morgan fingerprint density at radius 2 is 1.32 bits per heavy atom. The van der Waals surface area contributed by atoms with E-state index in [4.69, 9.17) is 0 Å². The molecule has 0 spiro atoms. The van der Waals surface area contributed by atoms with Crippen molar-refractivity contribution < 1.29 is 35.5 Å². The van der Waals surface area contributed by atoms with Crippen molar-refractivity contribution in [2.45, 2.75) is 12.1 Å². The summed E-state index contributed by atoms with van der Waals surface area (Å²) >= 11 is 0. The van der Waals surface area contributed by atoms with E-state index < -0.39 is 52.9 Å². The molecule has 0 heterocycles. The van der Waals surface area contributed by atoms with Gasteiger partial charge in [-0.05, 0) is 24.3 Å². The zero-order valence-electron chi connectivity index (χ0n) is 12.3. The summed E-state index contributed by atoms with van der Waals surface area (Å²) in [6.07, 6.45) is -4.68. The van der Waals surface area contributed by atoms with Crippen LogP contribution in [-0.2, 0) is 12.1 Å². The maximum Gasteiger partial charge on any atom is 0.416 e. The second-order valence-electron chi connectivity index (χ2n) is 5.06. The van der Waals surface area contributed by atoms with E-state index in [1.165, 1.54) is 0 Å². The number of benzene rings is 2. The van der Waals surface area contributed by atoms with E-state index in [0.29, 0.717) is 24.3 Å². The Bertz CT molecular complexity index is 749. The summed E-state index contributed by atoms with van der Waals surface area (Å²) in [6, 6.07) is 4.65. The highest BCUT2D eigenvalue weighted by molar-refractivity contribution is 5.94. The molecule has 0 fully saturated rings. The van der Waals surface area contributed by atoms with Crippen LogP contribution in [0.1, 0.15) is 21.5 Å². The van der Waals surface area contributed by atoms with Crippen LogP contribution in [0.4, 0.5) is 30.7 Å². The van der Waals surface area contributed by atoms with Crippen molar-refractivity contribution in [1.29, 1.82) is 0 Å². The summed E-state index contributed by atoms with van der Waals surface area (Å²) < 4.78 is 92.0. The summed E-state index contributed by atoms with van der Waals surface area (Å²) in [5.74, 6) is -7.59. The molecule has 2 rings (SSSR count). The molecular formula is C16H10F7NO. The predicted octanol–water partition coefficient (Wildman–Crippen LogP) is 4.51. The van der Waals surface area contributed by atoms with Gasteiger partial charge in [-0.15, -0.1) is 0 Å². The molecular weight excluding hydrogens is 355 g/mol. The first-order chi connectivity index (χ1) is 11.5. The van der Waals surface area contributed by atoms with E-state index >= 15 is 0 Å². The Morgan fingerprint density at radius 3 is 1.80 bits per heavy atom. The molecule has 1 amide bonds. The van der Waals surface area contributed by atoms with Gasteiger partial charge in [0.1, 0.15) is 17.2 Å². The molecule has 0 saturated carbocycles. The zero-order chi connectivity index (χ0) is 18.8. The lowest BCUT2D eigenvalue weighted by Gasteiger charge is -2.18. The molecule has 0 aliphatic rings. The third-order valence-electron chi connectivity index (χ3n) is 3.30. The van der Waals surface area contributed by atoms with Crippen molar-refractivity contribution in [3.05, 3.63) is 70.8 Å². The smallest absolute Gasteiger partial charge is 0.345 e. The molecule has 2 aromatic rings. The van der Waals surface area contributed by atoms with Gasteiger partial charge >= 0.3 is 6.18 Å². The quantitative estimate of drug-likeness (QED) is 0.794. The van der Waals surface area contributed by atoms with Gasteiger partial charge in [0.2, 0.25) is 0 Å². The fourth-order valence-corrected chi connectivity index (χ4v) is 2.00. The maximum atomic E-state index is 14.0. The molecule has 2 nitrogen and oxygen atoms in total. The van der Waals surface area contributed by atoms with Gasteiger partial charge in [0.05, 0.1) is 12.1 Å². The average molecular weight is 365 g/mol. The van der Waals surface area contributed by atoms with Crippen LogP contribution < -0.4 is 5.32 Å². The number of hydrogen-bond acceptors (Lipinski definition) is 1. The lowest BCUT2D eigenvalue weighted by molar-refractivity contribution is -0.137. The van der Waals surface area contributed by atoms with Crippen molar-refractivity contribution in [3.63, 3.8) is 0 Å². The van der Waals surface area contributed by atoms with Gasteiger partial charge in [-0.25, -0.2) is 8.78 Å². The molecule has 0 atom stereocenters. The lowest BCUT2D eigenvalue weighted by atomic mass is 10.1. The topological polar surface area (TPSA) is 29.1 Å². The van der Waals surface area contributed by atoms with Gasteiger partial charge < -0.3 is 5.32 Å². The Morgan fingerprint density at radius 1 is 0.840 bits per heavy atom. The third kappa shape index (κ3) is 4.28. The Labute approximate surface area is 137 Å². The molecule has 0 unspecified atom stereocenters. The van der Waals surface area contributed by atoms with Gasteiger partial charge in [-0.3, -0.25) is 4.79 Å². The Balaban J connectivity index is 2.12. The van der Waals surface area contributed by atoms with Crippen molar-refractivity contribution in [1.82, 2.24) is 5.32 Å². The number of nitrogens with one attached hydrogen (secondary N) is 1. The molecule has 0 aliphatic heterocycles. The SMILES string of the molecule is O=C(NCC(F)(F)c1ccc(C(F)(F)F)cc1)c1c(F)cccc1F. The summed E-state index contributed by atoms with van der Waals surface area (Å²) in [5.41, 5.74) is -2.91. The van der Waals surface area contributed by atoms with E-state index in [2.05, 4.69) is 0 Å². The first-order valence-electron chi connectivity index (χ1n) is 6.80. The van der Waals surface area contributed by atoms with Crippen LogP contribution in [0.15, 0.2) is 42.5 Å². The van der Waals surface area contributed by atoms with Crippen molar-refractivity contribution in [3.8, 4) is 0 Å². The van der Waals surface area contributed by atoms with E-state index in [1.807, 2.05) is 0 Å². The normalized spacial score (nSPS) is 12.1. The van der Waals surface area contributed by atoms with E-state index in [0.717, 1.165) is 18.2 Å². The lowest BCUT2D eigenvalue weighted by Crippen LogP contribution is -2.35. The summed E-state index contributed by atoms with van der Waals surface area (Å²) in [4.78, 5) is 11.7. The van der Waals surface area contributed by atoms with Crippen LogP contribution >= 0.6 is 0 Å². The molecule has 0 bridgehead atoms. The van der Waals surface area contributed by atoms with Crippen LogP contribution in [0.25, 0.3) is 0 Å². The van der Waals surface area contributed by atoms with Crippen molar-refractivity contribution >= 4 is 5.91 Å². The summed E-state index contributed by atoms with van der Waals surface area (Å²) in [6.45, 7) is -1.34. The highest BCUT2D eigenvalue weighted by Gasteiger charge is 2.35. The molecule has 1 N–H and O–H groups in total. The molecule has 134 valence electrons. The van der Waals surface area contributed by atoms with Gasteiger partial charge in [0.15, 0.2) is 0 Å². The monoisotopic (exact) mass is 365 g/mol. The summed E-state index contributed by atoms with van der Waals surface area (Å²) in [5, 5.41) is 1.67. The molecule has 0 radical (unpaired) electrons. The highest BCUT2D eigenvalue weighted by atomic mass is 19.4. The van der Waals surface area contributed by atoms with Gasteiger partial charge in [-0.1, -0.05) is 18.2 Å². The first kappa shape index (κ1) is 18.8. The Kier molecular flexibility index (Phi) is 5.05. The first-order valence-corrected chi connectivity index (χ1v) is 6.80. The van der Waals surface area contributed by atoms with Gasteiger partial charge in [0.25, 0.3) is 11.8 Å². The molecule has 25 heavy (non-hydrogen) atoms. The number of amides is 1. The fraction of sp³-hybridized carbons (Fsp3) is 0.188. The highest BCUT2D eigenvalue weighted by Crippen LogP contribution is 2.32. The molecule has 9 heteroatoms. The van der Waals surface area contributed by atoms with Crippen LogP contribution in [-0.4, -0.2) is 12.5 Å².